The monoisotopic (exact) mass is 626 g/mol. The second-order valence-corrected chi connectivity index (χ2v) is 11.3. The number of ether oxygens (including phenoxy) is 3. The molecule has 11 heteroatoms. The molecule has 6 rings (SSSR count). The number of allylic oxidation sites excluding steroid dienone is 1. The Labute approximate surface area is 261 Å². The van der Waals surface area contributed by atoms with Crippen molar-refractivity contribution < 1.29 is 19.0 Å². The lowest BCUT2D eigenvalue weighted by Gasteiger charge is -2.24. The predicted molar refractivity (Wildman–Crippen MR) is 169 cm³/mol. The number of carbonyl (C=O) groups is 1. The normalized spacial score (nSPS) is 14.7. The minimum atomic E-state index is -0.737. The minimum absolute atomic E-state index is 0.294. The summed E-state index contributed by atoms with van der Waals surface area (Å²) in [5, 5.41) is 5.31. The van der Waals surface area contributed by atoms with Gasteiger partial charge in [0.15, 0.2) is 4.80 Å². The van der Waals surface area contributed by atoms with Gasteiger partial charge in [0, 0.05) is 17.3 Å². The molecule has 0 spiro atoms. The van der Waals surface area contributed by atoms with Crippen LogP contribution in [0.5, 0.6) is 11.5 Å². The first-order chi connectivity index (χ1) is 21.3. The van der Waals surface area contributed by atoms with E-state index in [0.717, 1.165) is 16.8 Å². The second-order valence-electron chi connectivity index (χ2n) is 9.91. The topological polar surface area (TPSA) is 96.9 Å². The number of hydrogen-bond acceptors (Lipinski definition) is 8. The van der Waals surface area contributed by atoms with Gasteiger partial charge >= 0.3 is 5.97 Å². The van der Waals surface area contributed by atoms with E-state index in [-0.39, 0.29) is 5.56 Å². The standard InChI is InChI=1S/C33H27ClN4O5S/c1-19-28(32(40)43-4)30(20-10-13-24(41-2)14-11-20)38-31(39)27(44-33(38)35-19)17-22-18-37(23-8-6-5-7-9-23)36-29(22)21-12-15-26(42-3)25(34)16-21/h5-18,30H,1-4H3. The Morgan fingerprint density at radius 1 is 1.00 bits per heavy atom. The zero-order valence-electron chi connectivity index (χ0n) is 24.3. The Balaban J connectivity index is 1.56. The molecule has 0 radical (unpaired) electrons. The molecule has 3 aromatic carbocycles. The molecule has 1 aliphatic rings. The van der Waals surface area contributed by atoms with Crippen molar-refractivity contribution in [1.29, 1.82) is 0 Å². The maximum Gasteiger partial charge on any atom is 0.338 e. The van der Waals surface area contributed by atoms with E-state index in [1.807, 2.05) is 54.7 Å². The number of benzene rings is 3. The zero-order valence-corrected chi connectivity index (χ0v) is 25.8. The number of para-hydroxylation sites is 1. The molecule has 0 amide bonds. The summed E-state index contributed by atoms with van der Waals surface area (Å²) in [6.07, 6.45) is 3.67. The summed E-state index contributed by atoms with van der Waals surface area (Å²) in [6.45, 7) is 1.75. The van der Waals surface area contributed by atoms with Gasteiger partial charge in [0.05, 0.1) is 53.9 Å². The van der Waals surface area contributed by atoms with Crippen molar-refractivity contribution in [3.05, 3.63) is 126 Å². The molecule has 222 valence electrons. The molecular formula is C33H27ClN4O5S. The number of aromatic nitrogens is 3. The summed E-state index contributed by atoms with van der Waals surface area (Å²) in [6, 6.07) is 21.6. The predicted octanol–water partition coefficient (Wildman–Crippen LogP) is 4.93. The lowest BCUT2D eigenvalue weighted by atomic mass is 9.96. The maximum absolute atomic E-state index is 14.2. The summed E-state index contributed by atoms with van der Waals surface area (Å²) in [4.78, 5) is 32.3. The number of hydrogen-bond donors (Lipinski definition) is 0. The summed E-state index contributed by atoms with van der Waals surface area (Å²) in [5.74, 6) is 0.648. The number of methoxy groups -OCH3 is 3. The Hall–Kier alpha value is -4.93. The Kier molecular flexibility index (Phi) is 7.94. The number of esters is 1. The molecule has 0 saturated heterocycles. The van der Waals surface area contributed by atoms with Gasteiger partial charge in [-0.25, -0.2) is 14.5 Å². The van der Waals surface area contributed by atoms with Crippen LogP contribution >= 0.6 is 22.9 Å². The van der Waals surface area contributed by atoms with E-state index in [0.29, 0.717) is 48.4 Å². The van der Waals surface area contributed by atoms with Crippen molar-refractivity contribution in [3.8, 4) is 28.4 Å². The van der Waals surface area contributed by atoms with E-state index in [1.54, 1.807) is 60.7 Å². The minimum Gasteiger partial charge on any atom is -0.497 e. The van der Waals surface area contributed by atoms with Gasteiger partial charge in [-0.05, 0) is 61.0 Å². The third kappa shape index (κ3) is 5.23. The molecule has 0 fully saturated rings. The molecule has 1 aliphatic heterocycles. The van der Waals surface area contributed by atoms with E-state index >= 15 is 0 Å². The molecule has 9 nitrogen and oxygen atoms in total. The van der Waals surface area contributed by atoms with Gasteiger partial charge in [-0.3, -0.25) is 9.36 Å². The molecule has 5 aromatic rings. The van der Waals surface area contributed by atoms with Crippen LogP contribution in [0, 0.1) is 0 Å². The zero-order chi connectivity index (χ0) is 31.0. The Bertz CT molecular complexity index is 2100. The van der Waals surface area contributed by atoms with Crippen molar-refractivity contribution in [1.82, 2.24) is 14.3 Å². The number of carbonyl (C=O) groups excluding carboxylic acids is 1. The fourth-order valence-corrected chi connectivity index (χ4v) is 6.47. The molecule has 3 heterocycles. The van der Waals surface area contributed by atoms with Crippen LogP contribution in [0.1, 0.15) is 24.1 Å². The van der Waals surface area contributed by atoms with E-state index in [2.05, 4.69) is 4.99 Å². The highest BCUT2D eigenvalue weighted by molar-refractivity contribution is 7.07. The second kappa shape index (κ2) is 12.0. The van der Waals surface area contributed by atoms with Gasteiger partial charge in [0.2, 0.25) is 0 Å². The van der Waals surface area contributed by atoms with Crippen molar-refractivity contribution in [2.24, 2.45) is 4.99 Å². The van der Waals surface area contributed by atoms with Crippen LogP contribution in [0.25, 0.3) is 23.0 Å². The quantitative estimate of drug-likeness (QED) is 0.238. The van der Waals surface area contributed by atoms with Gasteiger partial charge in [-0.2, -0.15) is 5.10 Å². The molecule has 44 heavy (non-hydrogen) atoms. The highest BCUT2D eigenvalue weighted by Gasteiger charge is 2.33. The maximum atomic E-state index is 14.2. The van der Waals surface area contributed by atoms with Gasteiger partial charge in [0.1, 0.15) is 17.2 Å². The molecule has 0 aliphatic carbocycles. The van der Waals surface area contributed by atoms with Crippen LogP contribution in [0.15, 0.2) is 100 Å². The molecule has 1 atom stereocenters. The summed E-state index contributed by atoms with van der Waals surface area (Å²) in [7, 11) is 4.45. The highest BCUT2D eigenvalue weighted by Crippen LogP contribution is 2.33. The van der Waals surface area contributed by atoms with E-state index < -0.39 is 12.0 Å². The number of halogens is 1. The first-order valence-corrected chi connectivity index (χ1v) is 14.8. The van der Waals surface area contributed by atoms with E-state index in [1.165, 1.54) is 18.4 Å². The number of rotatable bonds is 7. The average Bonchev–Trinajstić information content (AvgIpc) is 3.61. The van der Waals surface area contributed by atoms with Crippen molar-refractivity contribution in [3.63, 3.8) is 0 Å². The molecular weight excluding hydrogens is 600 g/mol. The smallest absolute Gasteiger partial charge is 0.338 e. The van der Waals surface area contributed by atoms with Crippen molar-refractivity contribution in [2.75, 3.05) is 21.3 Å². The van der Waals surface area contributed by atoms with Gasteiger partial charge in [-0.1, -0.05) is 53.3 Å². The first kappa shape index (κ1) is 29.2. The molecule has 0 bridgehead atoms. The molecule has 2 aromatic heterocycles. The van der Waals surface area contributed by atoms with Crippen LogP contribution in [-0.4, -0.2) is 41.6 Å². The fourth-order valence-electron chi connectivity index (χ4n) is 5.18. The summed E-state index contributed by atoms with van der Waals surface area (Å²) < 4.78 is 19.5. The van der Waals surface area contributed by atoms with Crippen LogP contribution in [0.2, 0.25) is 5.02 Å². The van der Waals surface area contributed by atoms with Gasteiger partial charge < -0.3 is 14.2 Å². The van der Waals surface area contributed by atoms with Crippen LogP contribution < -0.4 is 24.4 Å². The number of nitrogens with zero attached hydrogens (tertiary/aromatic N) is 4. The van der Waals surface area contributed by atoms with Crippen LogP contribution in [-0.2, 0) is 9.53 Å². The van der Waals surface area contributed by atoms with E-state index in [4.69, 9.17) is 30.9 Å². The van der Waals surface area contributed by atoms with E-state index in [9.17, 15) is 9.59 Å². The first-order valence-electron chi connectivity index (χ1n) is 13.6. The molecule has 1 unspecified atom stereocenters. The Morgan fingerprint density at radius 2 is 1.75 bits per heavy atom. The third-order valence-corrected chi connectivity index (χ3v) is 8.61. The summed E-state index contributed by atoms with van der Waals surface area (Å²) in [5.41, 5.74) is 4.13. The SMILES string of the molecule is COC(=O)C1=C(C)N=c2sc(=Cc3cn(-c4ccccc4)nc3-c3ccc(OC)c(Cl)c3)c(=O)n2C1c1ccc(OC)cc1. The van der Waals surface area contributed by atoms with Crippen molar-refractivity contribution in [2.45, 2.75) is 13.0 Å². The molecule has 0 N–H and O–H groups in total. The summed E-state index contributed by atoms with van der Waals surface area (Å²) >= 11 is 7.72. The van der Waals surface area contributed by atoms with Gasteiger partial charge in [-0.15, -0.1) is 0 Å². The number of fused-ring (bicyclic) bond motifs is 1. The lowest BCUT2D eigenvalue weighted by Crippen LogP contribution is -2.39. The fraction of sp³-hybridized carbons (Fsp3) is 0.152. The largest absolute Gasteiger partial charge is 0.497 e. The Morgan fingerprint density at radius 3 is 2.41 bits per heavy atom. The van der Waals surface area contributed by atoms with Crippen LogP contribution in [0.4, 0.5) is 0 Å². The average molecular weight is 627 g/mol. The van der Waals surface area contributed by atoms with Gasteiger partial charge in [0.25, 0.3) is 5.56 Å². The molecule has 0 saturated carbocycles. The third-order valence-electron chi connectivity index (χ3n) is 7.33. The number of thiazole rings is 1. The van der Waals surface area contributed by atoms with Crippen molar-refractivity contribution >= 4 is 35.0 Å². The highest BCUT2D eigenvalue weighted by atomic mass is 35.5. The lowest BCUT2D eigenvalue weighted by molar-refractivity contribution is -0.136. The van der Waals surface area contributed by atoms with Crippen LogP contribution in [0.3, 0.4) is 0 Å².